The van der Waals surface area contributed by atoms with Crippen molar-refractivity contribution in [3.05, 3.63) is 117 Å². The van der Waals surface area contributed by atoms with Gasteiger partial charge in [0.05, 0.1) is 23.6 Å². The second-order valence-corrected chi connectivity index (χ2v) is 9.67. The SMILES string of the molecule is Cc1ccc(C(C)n2cc(C3CC3)cc(C(O)c3ccc(-n4cnc(C)c4)c(C)c3)c2=O)cc1. The minimum Gasteiger partial charge on any atom is -0.383 e. The lowest BCUT2D eigenvalue weighted by Crippen LogP contribution is -2.29. The Morgan fingerprint density at radius 3 is 2.29 bits per heavy atom. The van der Waals surface area contributed by atoms with E-state index in [0.29, 0.717) is 11.5 Å². The summed E-state index contributed by atoms with van der Waals surface area (Å²) in [4.78, 5) is 17.9. The zero-order valence-electron chi connectivity index (χ0n) is 20.2. The molecular formula is C29H31N3O2. The van der Waals surface area contributed by atoms with E-state index in [1.165, 1.54) is 5.56 Å². The zero-order valence-corrected chi connectivity index (χ0v) is 20.2. The number of hydrogen-bond acceptors (Lipinski definition) is 3. The van der Waals surface area contributed by atoms with Crippen molar-refractivity contribution < 1.29 is 5.11 Å². The molecule has 0 saturated heterocycles. The van der Waals surface area contributed by atoms with E-state index in [1.807, 2.05) is 62.0 Å². The Bertz CT molecular complexity index is 1390. The molecule has 5 heteroatoms. The number of nitrogens with zero attached hydrogens (tertiary/aromatic N) is 3. The summed E-state index contributed by atoms with van der Waals surface area (Å²) in [7, 11) is 0. The van der Waals surface area contributed by atoms with Gasteiger partial charge >= 0.3 is 0 Å². The van der Waals surface area contributed by atoms with Crippen LogP contribution in [0.1, 0.15) is 76.9 Å². The van der Waals surface area contributed by atoms with Crippen LogP contribution in [0.4, 0.5) is 0 Å². The van der Waals surface area contributed by atoms with Crippen molar-refractivity contribution in [2.24, 2.45) is 0 Å². The van der Waals surface area contributed by atoms with E-state index in [0.717, 1.165) is 46.5 Å². The third-order valence-corrected chi connectivity index (χ3v) is 6.94. The Morgan fingerprint density at radius 2 is 1.68 bits per heavy atom. The molecule has 5 nitrogen and oxygen atoms in total. The van der Waals surface area contributed by atoms with Gasteiger partial charge in [-0.25, -0.2) is 4.98 Å². The zero-order chi connectivity index (χ0) is 24.0. The first kappa shape index (κ1) is 22.4. The number of hydrogen-bond donors (Lipinski definition) is 1. The summed E-state index contributed by atoms with van der Waals surface area (Å²) in [6.45, 7) is 8.08. The number of pyridine rings is 1. The molecule has 0 spiro atoms. The molecule has 1 N–H and O–H groups in total. The van der Waals surface area contributed by atoms with Gasteiger partial charge in [0.15, 0.2) is 0 Å². The molecule has 174 valence electrons. The van der Waals surface area contributed by atoms with E-state index in [2.05, 4.69) is 36.2 Å². The molecule has 34 heavy (non-hydrogen) atoms. The molecule has 2 aromatic carbocycles. The Labute approximate surface area is 200 Å². The van der Waals surface area contributed by atoms with Crippen molar-refractivity contribution in [2.45, 2.75) is 58.6 Å². The fraction of sp³-hybridized carbons (Fsp3) is 0.310. The number of aliphatic hydroxyl groups is 1. The average Bonchev–Trinajstić information content (AvgIpc) is 3.59. The molecule has 0 radical (unpaired) electrons. The van der Waals surface area contributed by atoms with Gasteiger partial charge in [-0.05, 0) is 80.8 Å². The van der Waals surface area contributed by atoms with Gasteiger partial charge in [-0.15, -0.1) is 0 Å². The standard InChI is InChI=1S/C29H31N3O2/c1-18-5-7-22(8-6-18)21(4)32-16-25(23-9-10-23)14-26(29(32)34)28(33)24-11-12-27(19(2)13-24)31-15-20(3)30-17-31/h5-8,11-17,21,23,28,33H,9-10H2,1-4H3. The minimum atomic E-state index is -0.986. The second kappa shape index (κ2) is 8.73. The van der Waals surface area contributed by atoms with Crippen molar-refractivity contribution in [2.75, 3.05) is 0 Å². The molecule has 0 bridgehead atoms. The van der Waals surface area contributed by atoms with E-state index >= 15 is 0 Å². The highest BCUT2D eigenvalue weighted by molar-refractivity contribution is 5.45. The first-order valence-corrected chi connectivity index (χ1v) is 11.9. The van der Waals surface area contributed by atoms with Crippen LogP contribution in [0.5, 0.6) is 0 Å². The summed E-state index contributed by atoms with van der Waals surface area (Å²) in [6, 6.07) is 15.9. The number of benzene rings is 2. The van der Waals surface area contributed by atoms with Crippen LogP contribution in [0.25, 0.3) is 5.69 Å². The molecule has 0 amide bonds. The highest BCUT2D eigenvalue weighted by Gasteiger charge is 2.28. The summed E-state index contributed by atoms with van der Waals surface area (Å²) >= 11 is 0. The predicted octanol–water partition coefficient (Wildman–Crippen LogP) is 5.53. The van der Waals surface area contributed by atoms with Crippen molar-refractivity contribution in [3.63, 3.8) is 0 Å². The largest absolute Gasteiger partial charge is 0.383 e. The minimum absolute atomic E-state index is 0.119. The normalized spacial score (nSPS) is 15.3. The van der Waals surface area contributed by atoms with Crippen LogP contribution >= 0.6 is 0 Å². The molecule has 2 atom stereocenters. The average molecular weight is 454 g/mol. The maximum absolute atomic E-state index is 13.6. The van der Waals surface area contributed by atoms with Gasteiger partial charge in [0, 0.05) is 18.1 Å². The monoisotopic (exact) mass is 453 g/mol. The molecule has 1 saturated carbocycles. The summed E-state index contributed by atoms with van der Waals surface area (Å²) < 4.78 is 3.77. The second-order valence-electron chi connectivity index (χ2n) is 9.67. The smallest absolute Gasteiger partial charge is 0.257 e. The molecule has 0 aliphatic heterocycles. The molecule has 1 fully saturated rings. The Morgan fingerprint density at radius 1 is 0.971 bits per heavy atom. The van der Waals surface area contributed by atoms with Crippen molar-refractivity contribution in [1.29, 1.82) is 0 Å². The van der Waals surface area contributed by atoms with Crippen molar-refractivity contribution in [3.8, 4) is 5.69 Å². The maximum atomic E-state index is 13.6. The molecule has 1 aliphatic rings. The van der Waals surface area contributed by atoms with E-state index in [1.54, 1.807) is 10.9 Å². The maximum Gasteiger partial charge on any atom is 0.257 e. The number of aromatic nitrogens is 3. The van der Waals surface area contributed by atoms with E-state index in [4.69, 9.17) is 0 Å². The third kappa shape index (κ3) is 4.24. The Hall–Kier alpha value is -3.44. The number of rotatable bonds is 6. The molecule has 4 aromatic rings. The van der Waals surface area contributed by atoms with Crippen LogP contribution < -0.4 is 5.56 Å². The highest BCUT2D eigenvalue weighted by Crippen LogP contribution is 2.41. The first-order valence-electron chi connectivity index (χ1n) is 11.9. The Kier molecular flexibility index (Phi) is 5.74. The fourth-order valence-electron chi connectivity index (χ4n) is 4.65. The third-order valence-electron chi connectivity index (χ3n) is 6.94. The topological polar surface area (TPSA) is 60.1 Å². The molecule has 1 aliphatic carbocycles. The lowest BCUT2D eigenvalue weighted by molar-refractivity contribution is 0.217. The lowest BCUT2D eigenvalue weighted by Gasteiger charge is -2.21. The van der Waals surface area contributed by atoms with Crippen LogP contribution in [0.2, 0.25) is 0 Å². The first-order chi connectivity index (χ1) is 16.3. The van der Waals surface area contributed by atoms with Crippen LogP contribution in [0.3, 0.4) is 0 Å². The molecule has 5 rings (SSSR count). The van der Waals surface area contributed by atoms with Crippen LogP contribution in [0.15, 0.2) is 72.0 Å². The van der Waals surface area contributed by atoms with E-state index in [-0.39, 0.29) is 11.6 Å². The Balaban J connectivity index is 1.54. The predicted molar refractivity (Wildman–Crippen MR) is 135 cm³/mol. The molecular weight excluding hydrogens is 422 g/mol. The van der Waals surface area contributed by atoms with Gasteiger partial charge in [-0.3, -0.25) is 4.79 Å². The highest BCUT2D eigenvalue weighted by atomic mass is 16.3. The van der Waals surface area contributed by atoms with Gasteiger partial charge < -0.3 is 14.2 Å². The van der Waals surface area contributed by atoms with E-state index < -0.39 is 6.10 Å². The fourth-order valence-corrected chi connectivity index (χ4v) is 4.65. The van der Waals surface area contributed by atoms with E-state index in [9.17, 15) is 9.90 Å². The number of imidazole rings is 1. The summed E-state index contributed by atoms with van der Waals surface area (Å²) in [5.74, 6) is 0.469. The van der Waals surface area contributed by atoms with Gasteiger partial charge in [-0.2, -0.15) is 0 Å². The summed E-state index contributed by atoms with van der Waals surface area (Å²) in [5.41, 5.74) is 7.39. The molecule has 2 unspecified atom stereocenters. The summed E-state index contributed by atoms with van der Waals surface area (Å²) in [6.07, 6.45) is 7.03. The van der Waals surface area contributed by atoms with Crippen LogP contribution in [0, 0.1) is 20.8 Å². The summed E-state index contributed by atoms with van der Waals surface area (Å²) in [5, 5.41) is 11.4. The number of aliphatic hydroxyl groups excluding tert-OH is 1. The van der Waals surface area contributed by atoms with Crippen LogP contribution in [-0.4, -0.2) is 19.2 Å². The van der Waals surface area contributed by atoms with Crippen LogP contribution in [-0.2, 0) is 0 Å². The molecule has 2 aromatic heterocycles. The lowest BCUT2D eigenvalue weighted by atomic mass is 9.97. The van der Waals surface area contributed by atoms with Crippen molar-refractivity contribution >= 4 is 0 Å². The van der Waals surface area contributed by atoms with Gasteiger partial charge in [0.1, 0.15) is 6.10 Å². The van der Waals surface area contributed by atoms with Crippen molar-refractivity contribution in [1.82, 2.24) is 14.1 Å². The molecule has 2 heterocycles. The van der Waals surface area contributed by atoms with Gasteiger partial charge in [0.2, 0.25) is 0 Å². The quantitative estimate of drug-likeness (QED) is 0.418. The number of aryl methyl sites for hydroxylation is 3. The van der Waals surface area contributed by atoms with Gasteiger partial charge in [-0.1, -0.05) is 42.0 Å². The van der Waals surface area contributed by atoms with Gasteiger partial charge in [0.25, 0.3) is 5.56 Å².